The van der Waals surface area contributed by atoms with Crippen LogP contribution in [-0.4, -0.2) is 9.13 Å². The quantitative estimate of drug-likeness (QED) is 0.173. The number of aromatic nitrogens is 2. The molecule has 9 aromatic carbocycles. The van der Waals surface area contributed by atoms with Crippen molar-refractivity contribution < 1.29 is 14.0 Å². The third kappa shape index (κ3) is 4.92. The molecule has 0 saturated carbocycles. The molecule has 3 nitrogen and oxygen atoms in total. The van der Waals surface area contributed by atoms with Gasteiger partial charge in [-0.2, -0.15) is 0 Å². The van der Waals surface area contributed by atoms with Gasteiger partial charge in [-0.1, -0.05) is 133 Å². The standard InChI is InChI=1S/C54H34N2O/c1-3-13-35(14-4-1)37-17-11-18-40(31-37)55-48-22-9-7-19-43(48)46-32-38(25-29-49(46)55)39-26-30-50-47(33-39)54-42(36-15-5-2-6-16-36)21-12-23-51(54)56(50)41-27-28-45-44-20-8-10-24-52(44)57-53(45)34-41/h1-34H/i7D,9D,19D,22D,25D,29D,32D. The predicted octanol–water partition coefficient (Wildman–Crippen LogP) is 14.8. The molecule has 0 aliphatic rings. The number of para-hydroxylation sites is 2. The van der Waals surface area contributed by atoms with Crippen molar-refractivity contribution in [2.24, 2.45) is 0 Å². The summed E-state index contributed by atoms with van der Waals surface area (Å²) in [5, 5.41) is 4.25. The number of furan rings is 1. The lowest BCUT2D eigenvalue weighted by Gasteiger charge is -2.11. The number of fused-ring (bicyclic) bond motifs is 9. The number of benzene rings is 9. The summed E-state index contributed by atoms with van der Waals surface area (Å²) in [6.07, 6.45) is 0. The average molecular weight is 734 g/mol. The molecule has 0 fully saturated rings. The topological polar surface area (TPSA) is 23.0 Å². The number of hydrogen-bond acceptors (Lipinski definition) is 1. The molecule has 266 valence electrons. The molecular formula is C54H34N2O. The predicted molar refractivity (Wildman–Crippen MR) is 239 cm³/mol. The molecule has 12 rings (SSSR count). The summed E-state index contributed by atoms with van der Waals surface area (Å²) in [5.74, 6) is 0. The minimum absolute atomic E-state index is 0.0919. The monoisotopic (exact) mass is 733 g/mol. The number of rotatable bonds is 5. The van der Waals surface area contributed by atoms with E-state index in [2.05, 4.69) is 59.2 Å². The highest BCUT2D eigenvalue weighted by atomic mass is 16.3. The first kappa shape index (κ1) is 25.5. The highest BCUT2D eigenvalue weighted by Gasteiger charge is 2.19. The Morgan fingerprint density at radius 1 is 0.368 bits per heavy atom. The van der Waals surface area contributed by atoms with Gasteiger partial charge in [0, 0.05) is 49.8 Å². The first-order chi connectivity index (χ1) is 31.2. The van der Waals surface area contributed by atoms with Crippen molar-refractivity contribution in [3.63, 3.8) is 0 Å². The third-order valence-corrected chi connectivity index (χ3v) is 11.2. The van der Waals surface area contributed by atoms with Gasteiger partial charge in [-0.25, -0.2) is 0 Å². The zero-order valence-corrected chi connectivity index (χ0v) is 30.4. The van der Waals surface area contributed by atoms with E-state index in [-0.39, 0.29) is 57.6 Å². The molecule has 12 aromatic rings. The molecule has 0 unspecified atom stereocenters. The van der Waals surface area contributed by atoms with Crippen LogP contribution < -0.4 is 0 Å². The van der Waals surface area contributed by atoms with Gasteiger partial charge in [0.15, 0.2) is 0 Å². The molecule has 0 aliphatic carbocycles. The van der Waals surface area contributed by atoms with Gasteiger partial charge in [-0.15, -0.1) is 0 Å². The first-order valence-corrected chi connectivity index (χ1v) is 18.9. The van der Waals surface area contributed by atoms with Gasteiger partial charge in [-0.05, 0) is 100 Å². The molecule has 0 aliphatic heterocycles. The molecule has 3 heterocycles. The van der Waals surface area contributed by atoms with E-state index < -0.39 is 12.1 Å². The summed E-state index contributed by atoms with van der Waals surface area (Å²) in [6.45, 7) is 0. The third-order valence-electron chi connectivity index (χ3n) is 11.2. The molecule has 0 radical (unpaired) electrons. The van der Waals surface area contributed by atoms with Crippen LogP contribution in [0, 0.1) is 0 Å². The number of hydrogen-bond donors (Lipinski definition) is 0. The van der Waals surface area contributed by atoms with Crippen LogP contribution in [-0.2, 0) is 0 Å². The Hall–Kier alpha value is -7.62. The highest BCUT2D eigenvalue weighted by molar-refractivity contribution is 6.17. The van der Waals surface area contributed by atoms with Gasteiger partial charge in [0.2, 0.25) is 0 Å². The Morgan fingerprint density at radius 3 is 1.96 bits per heavy atom. The van der Waals surface area contributed by atoms with Gasteiger partial charge in [0.1, 0.15) is 11.2 Å². The minimum Gasteiger partial charge on any atom is -0.456 e. The second-order valence-electron chi connectivity index (χ2n) is 14.4. The lowest BCUT2D eigenvalue weighted by atomic mass is 9.97. The van der Waals surface area contributed by atoms with E-state index in [1.807, 2.05) is 109 Å². The van der Waals surface area contributed by atoms with Crippen molar-refractivity contribution in [3.05, 3.63) is 206 Å². The van der Waals surface area contributed by atoms with E-state index >= 15 is 0 Å². The van der Waals surface area contributed by atoms with Crippen molar-refractivity contribution in [3.8, 4) is 44.8 Å². The summed E-state index contributed by atoms with van der Waals surface area (Å²) in [4.78, 5) is 0. The minimum atomic E-state index is -0.430. The van der Waals surface area contributed by atoms with Crippen molar-refractivity contribution in [1.29, 1.82) is 0 Å². The van der Waals surface area contributed by atoms with E-state index in [4.69, 9.17) is 7.16 Å². The largest absolute Gasteiger partial charge is 0.456 e. The summed E-state index contributed by atoms with van der Waals surface area (Å²) < 4.78 is 75.4. The van der Waals surface area contributed by atoms with Crippen molar-refractivity contribution >= 4 is 65.6 Å². The molecule has 57 heavy (non-hydrogen) atoms. The second-order valence-corrected chi connectivity index (χ2v) is 14.4. The molecular weight excluding hydrogens is 693 g/mol. The summed E-state index contributed by atoms with van der Waals surface area (Å²) in [5.41, 5.74) is 9.81. The Balaban J connectivity index is 1.15. The van der Waals surface area contributed by atoms with Crippen LogP contribution in [0.2, 0.25) is 0 Å². The molecule has 0 amide bonds. The molecule has 0 saturated heterocycles. The van der Waals surface area contributed by atoms with Crippen LogP contribution in [0.4, 0.5) is 0 Å². The summed E-state index contributed by atoms with van der Waals surface area (Å²) in [7, 11) is 0. The fourth-order valence-electron chi connectivity index (χ4n) is 8.59. The van der Waals surface area contributed by atoms with Crippen LogP contribution in [0.1, 0.15) is 9.60 Å². The zero-order valence-electron chi connectivity index (χ0n) is 37.4. The molecule has 0 N–H and O–H groups in total. The van der Waals surface area contributed by atoms with Crippen LogP contribution in [0.3, 0.4) is 0 Å². The van der Waals surface area contributed by atoms with Gasteiger partial charge in [0.25, 0.3) is 0 Å². The maximum atomic E-state index is 9.97. The molecule has 3 heteroatoms. The van der Waals surface area contributed by atoms with Crippen LogP contribution in [0.15, 0.2) is 211 Å². The van der Waals surface area contributed by atoms with Crippen LogP contribution in [0.5, 0.6) is 0 Å². The van der Waals surface area contributed by atoms with Gasteiger partial charge in [0.05, 0.1) is 31.7 Å². The average Bonchev–Trinajstić information content (AvgIpc) is 4.01. The van der Waals surface area contributed by atoms with E-state index in [1.54, 1.807) is 4.57 Å². The van der Waals surface area contributed by atoms with E-state index in [0.29, 0.717) is 11.3 Å². The maximum absolute atomic E-state index is 9.97. The first-order valence-electron chi connectivity index (χ1n) is 22.4. The fourth-order valence-corrected chi connectivity index (χ4v) is 8.59. The van der Waals surface area contributed by atoms with Crippen LogP contribution >= 0.6 is 0 Å². The lowest BCUT2D eigenvalue weighted by molar-refractivity contribution is 0.668. The molecule has 0 spiro atoms. The van der Waals surface area contributed by atoms with Gasteiger partial charge >= 0.3 is 0 Å². The van der Waals surface area contributed by atoms with Crippen molar-refractivity contribution in [1.82, 2.24) is 9.13 Å². The van der Waals surface area contributed by atoms with Crippen molar-refractivity contribution in [2.45, 2.75) is 0 Å². The zero-order chi connectivity index (χ0) is 43.5. The SMILES string of the molecule is [2H]c1c([2H])c([2H])c2c(c1[2H])c1c([2H])c(-c3ccc4c(c3)c3c(-c5ccccc5)cccc3n4-c3ccc4c(c3)oc3ccccc34)c([2H])c([2H])c1n2-c1cccc(-c2ccccc2)c1. The summed E-state index contributed by atoms with van der Waals surface area (Å²) >= 11 is 0. The Morgan fingerprint density at radius 2 is 1.07 bits per heavy atom. The number of nitrogens with zero attached hydrogens (tertiary/aromatic N) is 2. The maximum Gasteiger partial charge on any atom is 0.137 e. The summed E-state index contributed by atoms with van der Waals surface area (Å²) in [6, 6.07) is 52.1. The smallest absolute Gasteiger partial charge is 0.137 e. The highest BCUT2D eigenvalue weighted by Crippen LogP contribution is 2.42. The second kappa shape index (κ2) is 12.5. The van der Waals surface area contributed by atoms with Gasteiger partial charge < -0.3 is 13.6 Å². The van der Waals surface area contributed by atoms with E-state index in [0.717, 1.165) is 71.7 Å². The Bertz CT molecular complexity index is 3930. The van der Waals surface area contributed by atoms with Gasteiger partial charge in [-0.3, -0.25) is 0 Å². The lowest BCUT2D eigenvalue weighted by Crippen LogP contribution is -1.94. The van der Waals surface area contributed by atoms with Crippen LogP contribution in [0.25, 0.3) is 110 Å². The molecule has 0 atom stereocenters. The Kier molecular flexibility index (Phi) is 5.56. The molecule has 0 bridgehead atoms. The van der Waals surface area contributed by atoms with E-state index in [1.165, 1.54) is 0 Å². The normalized spacial score (nSPS) is 13.6. The van der Waals surface area contributed by atoms with Crippen molar-refractivity contribution in [2.75, 3.05) is 0 Å². The molecule has 3 aromatic heterocycles. The van der Waals surface area contributed by atoms with E-state index in [9.17, 15) is 6.85 Å². The Labute approximate surface area is 338 Å². The fraction of sp³-hybridized carbons (Fsp3) is 0.